The molecule has 0 aliphatic carbocycles. The number of hydrogen-bond donors (Lipinski definition) is 2. The molecule has 0 bridgehead atoms. The number of carbonyl (C=O) groups excluding carboxylic acids is 3. The van der Waals surface area contributed by atoms with Gasteiger partial charge in [-0.25, -0.2) is 9.59 Å². The van der Waals surface area contributed by atoms with Crippen LogP contribution in [-0.2, 0) is 4.74 Å². The van der Waals surface area contributed by atoms with Crippen molar-refractivity contribution in [3.63, 3.8) is 0 Å². The molecule has 7 nitrogen and oxygen atoms in total. The highest BCUT2D eigenvalue weighted by Gasteiger charge is 2.25. The maximum atomic E-state index is 13.0. The smallest absolute Gasteiger partial charge is 0.338 e. The number of primary amides is 1. The molecular weight excluding hydrogens is 382 g/mol. The van der Waals surface area contributed by atoms with Gasteiger partial charge in [0.2, 0.25) is 5.78 Å². The van der Waals surface area contributed by atoms with Crippen LogP contribution in [0.25, 0.3) is 5.69 Å². The van der Waals surface area contributed by atoms with Crippen molar-refractivity contribution in [3.8, 4) is 5.69 Å². The molecule has 0 aliphatic rings. The van der Waals surface area contributed by atoms with Crippen molar-refractivity contribution in [3.05, 3.63) is 83.2 Å². The van der Waals surface area contributed by atoms with Crippen molar-refractivity contribution in [2.24, 2.45) is 5.73 Å². The molecule has 0 saturated heterocycles. The van der Waals surface area contributed by atoms with Gasteiger partial charge in [-0.05, 0) is 57.2 Å². The topological polar surface area (TPSA) is 103 Å². The number of ether oxygens (including phenoxy) is 1. The van der Waals surface area contributed by atoms with Crippen molar-refractivity contribution in [1.82, 2.24) is 4.57 Å². The Morgan fingerprint density at radius 3 is 2.37 bits per heavy atom. The van der Waals surface area contributed by atoms with Crippen molar-refractivity contribution in [2.45, 2.75) is 26.9 Å². The number of anilines is 1. The molecule has 0 unspecified atom stereocenters. The first-order valence-corrected chi connectivity index (χ1v) is 9.44. The van der Waals surface area contributed by atoms with Gasteiger partial charge in [-0.15, -0.1) is 0 Å². The second-order valence-electron chi connectivity index (χ2n) is 6.94. The lowest BCUT2D eigenvalue weighted by atomic mass is 10.1. The highest BCUT2D eigenvalue weighted by atomic mass is 16.5. The number of nitrogens with two attached hydrogens (primary N) is 1. The van der Waals surface area contributed by atoms with E-state index in [0.717, 1.165) is 17.1 Å². The molecule has 0 fully saturated rings. The first-order valence-electron chi connectivity index (χ1n) is 9.44. The van der Waals surface area contributed by atoms with Crippen LogP contribution in [0.4, 0.5) is 10.5 Å². The van der Waals surface area contributed by atoms with Gasteiger partial charge >= 0.3 is 12.0 Å². The zero-order valence-electron chi connectivity index (χ0n) is 17.0. The van der Waals surface area contributed by atoms with Crippen LogP contribution in [0.2, 0.25) is 0 Å². The number of nitrogens with zero attached hydrogens (tertiary/aromatic N) is 1. The van der Waals surface area contributed by atoms with Crippen LogP contribution in [0.5, 0.6) is 0 Å². The lowest BCUT2D eigenvalue weighted by Crippen LogP contribution is -2.25. The van der Waals surface area contributed by atoms with Crippen molar-refractivity contribution in [2.75, 3.05) is 5.32 Å². The summed E-state index contributed by atoms with van der Waals surface area (Å²) in [5.41, 5.74) is 8.80. The number of para-hydroxylation sites is 1. The Bertz CT molecular complexity index is 1100. The lowest BCUT2D eigenvalue weighted by molar-refractivity contribution is 0.0318. The largest absolute Gasteiger partial charge is 0.451 e. The number of ketones is 1. The maximum absolute atomic E-state index is 13.0. The normalized spacial score (nSPS) is 11.6. The number of urea groups is 1. The molecule has 2 aromatic carbocycles. The third-order valence-corrected chi connectivity index (χ3v) is 4.73. The van der Waals surface area contributed by atoms with Crippen molar-refractivity contribution in [1.29, 1.82) is 0 Å². The average molecular weight is 405 g/mol. The Morgan fingerprint density at radius 2 is 1.70 bits per heavy atom. The van der Waals surface area contributed by atoms with E-state index in [1.807, 2.05) is 48.7 Å². The zero-order valence-corrected chi connectivity index (χ0v) is 17.0. The quantitative estimate of drug-likeness (QED) is 0.478. The van der Waals surface area contributed by atoms with E-state index in [0.29, 0.717) is 11.3 Å². The number of aromatic nitrogens is 1. The maximum Gasteiger partial charge on any atom is 0.338 e. The molecule has 30 heavy (non-hydrogen) atoms. The molecule has 1 atom stereocenters. The van der Waals surface area contributed by atoms with Crippen LogP contribution in [0.1, 0.15) is 39.0 Å². The van der Waals surface area contributed by atoms with E-state index < -0.39 is 18.1 Å². The minimum atomic E-state index is -0.977. The summed E-state index contributed by atoms with van der Waals surface area (Å²) in [5, 5.41) is 2.40. The van der Waals surface area contributed by atoms with Crippen LogP contribution < -0.4 is 11.1 Å². The van der Waals surface area contributed by atoms with Crippen molar-refractivity contribution >= 4 is 23.5 Å². The predicted molar refractivity (Wildman–Crippen MR) is 114 cm³/mol. The Kier molecular flexibility index (Phi) is 6.01. The number of nitrogens with one attached hydrogen (secondary N) is 1. The van der Waals surface area contributed by atoms with E-state index >= 15 is 0 Å². The molecule has 1 aromatic heterocycles. The summed E-state index contributed by atoms with van der Waals surface area (Å²) in [6.45, 7) is 5.33. The standard InChI is InChI=1S/C23H23N3O4/c1-14-12-20(15(2)26(14)19-10-5-4-6-11-19)21(27)16(3)30-22(28)17-8-7-9-18(13-17)25-23(24)29/h4-13,16H,1-3H3,(H3,24,25,29)/t16-/m0/s1. The summed E-state index contributed by atoms with van der Waals surface area (Å²) < 4.78 is 7.37. The Hall–Kier alpha value is -3.87. The van der Waals surface area contributed by atoms with Gasteiger partial charge in [0.15, 0.2) is 6.10 Å². The van der Waals surface area contributed by atoms with Gasteiger partial charge in [-0.2, -0.15) is 0 Å². The number of carbonyl (C=O) groups is 3. The minimum Gasteiger partial charge on any atom is -0.451 e. The van der Waals surface area contributed by atoms with Gasteiger partial charge in [0.1, 0.15) is 0 Å². The van der Waals surface area contributed by atoms with E-state index in [9.17, 15) is 14.4 Å². The third-order valence-electron chi connectivity index (χ3n) is 4.73. The SMILES string of the molecule is Cc1cc(C(=O)[C@H](C)OC(=O)c2cccc(NC(N)=O)c2)c(C)n1-c1ccccc1. The molecule has 0 spiro atoms. The van der Waals surface area contributed by atoms with Crippen LogP contribution in [0.15, 0.2) is 60.7 Å². The van der Waals surface area contributed by atoms with E-state index in [1.165, 1.54) is 12.1 Å². The second kappa shape index (κ2) is 8.65. The zero-order chi connectivity index (χ0) is 21.8. The number of aryl methyl sites for hydroxylation is 1. The number of rotatable bonds is 6. The molecule has 3 aromatic rings. The van der Waals surface area contributed by atoms with Gasteiger partial charge in [0, 0.05) is 28.3 Å². The van der Waals surface area contributed by atoms with E-state index in [-0.39, 0.29) is 11.3 Å². The summed E-state index contributed by atoms with van der Waals surface area (Å²) in [7, 11) is 0. The molecule has 0 radical (unpaired) electrons. The number of hydrogen-bond acceptors (Lipinski definition) is 4. The highest BCUT2D eigenvalue weighted by molar-refractivity contribution is 6.03. The van der Waals surface area contributed by atoms with Gasteiger partial charge < -0.3 is 20.4 Å². The van der Waals surface area contributed by atoms with Gasteiger partial charge in [0.25, 0.3) is 0 Å². The molecule has 154 valence electrons. The molecule has 3 rings (SSSR count). The first-order chi connectivity index (χ1) is 14.3. The molecule has 7 heteroatoms. The van der Waals surface area contributed by atoms with E-state index in [1.54, 1.807) is 25.1 Å². The molecule has 0 aliphatic heterocycles. The number of benzene rings is 2. The molecule has 3 N–H and O–H groups in total. The van der Waals surface area contributed by atoms with E-state index in [4.69, 9.17) is 10.5 Å². The fourth-order valence-electron chi connectivity index (χ4n) is 3.35. The van der Waals surface area contributed by atoms with Crippen LogP contribution in [0.3, 0.4) is 0 Å². The number of Topliss-reactive ketones (excluding diaryl/α,β-unsaturated/α-hetero) is 1. The van der Waals surface area contributed by atoms with Gasteiger partial charge in [0.05, 0.1) is 5.56 Å². The fourth-order valence-corrected chi connectivity index (χ4v) is 3.35. The molecular formula is C23H23N3O4. The summed E-state index contributed by atoms with van der Waals surface area (Å²) in [6.07, 6.45) is -0.977. The van der Waals surface area contributed by atoms with Crippen LogP contribution >= 0.6 is 0 Å². The van der Waals surface area contributed by atoms with Gasteiger partial charge in [-0.1, -0.05) is 24.3 Å². The summed E-state index contributed by atoms with van der Waals surface area (Å²) >= 11 is 0. The average Bonchev–Trinajstić information content (AvgIpc) is 3.01. The fraction of sp³-hybridized carbons (Fsp3) is 0.174. The molecule has 2 amide bonds. The molecule has 0 saturated carbocycles. The third kappa shape index (κ3) is 4.41. The Morgan fingerprint density at radius 1 is 1.00 bits per heavy atom. The summed E-state index contributed by atoms with van der Waals surface area (Å²) in [4.78, 5) is 36.4. The molecule has 1 heterocycles. The summed E-state index contributed by atoms with van der Waals surface area (Å²) in [5.74, 6) is -0.953. The number of esters is 1. The van der Waals surface area contributed by atoms with Crippen LogP contribution in [-0.4, -0.2) is 28.5 Å². The number of amides is 2. The highest BCUT2D eigenvalue weighted by Crippen LogP contribution is 2.23. The Labute approximate surface area is 174 Å². The van der Waals surface area contributed by atoms with Crippen LogP contribution in [0, 0.1) is 13.8 Å². The van der Waals surface area contributed by atoms with E-state index in [2.05, 4.69) is 5.32 Å². The monoisotopic (exact) mass is 405 g/mol. The van der Waals surface area contributed by atoms with Crippen molar-refractivity contribution < 1.29 is 19.1 Å². The predicted octanol–water partition coefficient (Wildman–Crippen LogP) is 4.01. The second-order valence-corrected chi connectivity index (χ2v) is 6.94. The minimum absolute atomic E-state index is 0.204. The lowest BCUT2D eigenvalue weighted by Gasteiger charge is -2.14. The Balaban J connectivity index is 1.78. The van der Waals surface area contributed by atoms with Gasteiger partial charge in [-0.3, -0.25) is 4.79 Å². The first kappa shape index (κ1) is 20.9. The summed E-state index contributed by atoms with van der Waals surface area (Å²) in [6, 6.07) is 16.9.